The third-order valence-corrected chi connectivity index (χ3v) is 4.94. The number of aryl methyl sites for hydroxylation is 1. The van der Waals surface area contributed by atoms with Crippen LogP contribution in [-0.4, -0.2) is 16.8 Å². The van der Waals surface area contributed by atoms with E-state index in [0.29, 0.717) is 34.5 Å². The van der Waals surface area contributed by atoms with Gasteiger partial charge in [-0.25, -0.2) is 4.98 Å². The Morgan fingerprint density at radius 1 is 1.14 bits per heavy atom. The zero-order chi connectivity index (χ0) is 19.9. The van der Waals surface area contributed by atoms with E-state index in [9.17, 15) is 9.59 Å². The average Bonchev–Trinajstić information content (AvgIpc) is 3.34. The van der Waals surface area contributed by atoms with Gasteiger partial charge in [0.25, 0.3) is 5.91 Å². The number of carbonyl (C=O) groups excluding carboxylic acids is 2. The monoisotopic (exact) mass is 397 g/mol. The molecule has 0 saturated carbocycles. The van der Waals surface area contributed by atoms with Crippen molar-refractivity contribution in [2.75, 3.05) is 5.32 Å². The summed E-state index contributed by atoms with van der Waals surface area (Å²) in [5.41, 5.74) is 2.49. The quantitative estimate of drug-likeness (QED) is 0.580. The number of unbranched alkanes of at least 4 members (excludes halogenated alkanes) is 1. The predicted octanol–water partition coefficient (Wildman–Crippen LogP) is 4.63. The number of thiazole rings is 1. The first-order valence-corrected chi connectivity index (χ1v) is 10.1. The highest BCUT2D eigenvalue weighted by Crippen LogP contribution is 2.27. The maximum Gasteiger partial charge on any atom is 0.257 e. The molecule has 28 heavy (non-hydrogen) atoms. The van der Waals surface area contributed by atoms with Crippen LogP contribution in [0.2, 0.25) is 0 Å². The van der Waals surface area contributed by atoms with Crippen LogP contribution in [0, 0.1) is 0 Å². The second kappa shape index (κ2) is 9.32. The lowest BCUT2D eigenvalue weighted by molar-refractivity contribution is -0.119. The molecule has 0 spiro atoms. The summed E-state index contributed by atoms with van der Waals surface area (Å²) in [5, 5.41) is 7.84. The van der Waals surface area contributed by atoms with Gasteiger partial charge >= 0.3 is 0 Å². The second-order valence-electron chi connectivity index (χ2n) is 6.47. The van der Waals surface area contributed by atoms with Crippen LogP contribution in [0.4, 0.5) is 5.13 Å². The van der Waals surface area contributed by atoms with Crippen LogP contribution in [-0.2, 0) is 17.8 Å². The van der Waals surface area contributed by atoms with Crippen molar-refractivity contribution in [2.24, 2.45) is 0 Å². The summed E-state index contributed by atoms with van der Waals surface area (Å²) in [7, 11) is 0. The molecule has 0 bridgehead atoms. The van der Waals surface area contributed by atoms with E-state index in [2.05, 4.69) is 22.5 Å². The number of carbonyl (C=O) groups is 2. The fourth-order valence-corrected chi connectivity index (χ4v) is 3.33. The lowest BCUT2D eigenvalue weighted by Crippen LogP contribution is -2.18. The van der Waals surface area contributed by atoms with E-state index >= 15 is 0 Å². The molecule has 0 unspecified atom stereocenters. The van der Waals surface area contributed by atoms with Crippen LogP contribution in [0.15, 0.2) is 46.2 Å². The molecule has 0 radical (unpaired) electrons. The highest BCUT2D eigenvalue weighted by atomic mass is 32.1. The molecule has 2 amide bonds. The maximum absolute atomic E-state index is 12.4. The summed E-state index contributed by atoms with van der Waals surface area (Å²) in [6.07, 6.45) is 3.33. The van der Waals surface area contributed by atoms with Gasteiger partial charge in [0.2, 0.25) is 5.91 Å². The Bertz CT molecular complexity index is 944. The first-order valence-electron chi connectivity index (χ1n) is 9.24. The number of furan rings is 1. The van der Waals surface area contributed by atoms with Gasteiger partial charge < -0.3 is 9.73 Å². The predicted molar refractivity (Wildman–Crippen MR) is 110 cm³/mol. The highest BCUT2D eigenvalue weighted by molar-refractivity contribution is 7.14. The average molecular weight is 398 g/mol. The van der Waals surface area contributed by atoms with Gasteiger partial charge in [0, 0.05) is 17.9 Å². The Kier molecular flexibility index (Phi) is 6.60. The van der Waals surface area contributed by atoms with E-state index in [0.717, 1.165) is 19.3 Å². The van der Waals surface area contributed by atoms with Gasteiger partial charge in [-0.05, 0) is 42.7 Å². The van der Waals surface area contributed by atoms with Gasteiger partial charge in [0.1, 0.15) is 11.5 Å². The minimum Gasteiger partial charge on any atom is -0.458 e. The van der Waals surface area contributed by atoms with Gasteiger partial charge in [0.05, 0.1) is 6.54 Å². The minimum atomic E-state index is -0.186. The molecule has 6 nitrogen and oxygen atoms in total. The van der Waals surface area contributed by atoms with Crippen molar-refractivity contribution in [1.29, 1.82) is 0 Å². The number of nitrogens with one attached hydrogen (secondary N) is 2. The van der Waals surface area contributed by atoms with Gasteiger partial charge in [0.15, 0.2) is 10.9 Å². The van der Waals surface area contributed by atoms with E-state index in [4.69, 9.17) is 4.42 Å². The summed E-state index contributed by atoms with van der Waals surface area (Å²) in [5.74, 6) is 0.938. The molecule has 0 saturated heterocycles. The van der Waals surface area contributed by atoms with Gasteiger partial charge in [-0.2, -0.15) is 0 Å². The van der Waals surface area contributed by atoms with E-state index in [-0.39, 0.29) is 11.8 Å². The molecule has 2 N–H and O–H groups in total. The summed E-state index contributed by atoms with van der Waals surface area (Å²) in [6.45, 7) is 3.95. The largest absolute Gasteiger partial charge is 0.458 e. The summed E-state index contributed by atoms with van der Waals surface area (Å²) in [4.78, 5) is 27.8. The van der Waals surface area contributed by atoms with Crippen LogP contribution in [0.3, 0.4) is 0 Å². The molecule has 7 heteroatoms. The lowest BCUT2D eigenvalue weighted by atomic mass is 10.1. The van der Waals surface area contributed by atoms with Gasteiger partial charge in [-0.15, -0.1) is 11.3 Å². The van der Waals surface area contributed by atoms with E-state index in [1.807, 2.05) is 29.6 Å². The number of aromatic nitrogens is 1. The van der Waals surface area contributed by atoms with Gasteiger partial charge in [-0.3, -0.25) is 14.9 Å². The minimum absolute atomic E-state index is 0.116. The van der Waals surface area contributed by atoms with E-state index < -0.39 is 0 Å². The Morgan fingerprint density at radius 3 is 2.64 bits per heavy atom. The number of hydrogen-bond acceptors (Lipinski definition) is 5. The lowest BCUT2D eigenvalue weighted by Gasteiger charge is -2.04. The van der Waals surface area contributed by atoms with Crippen LogP contribution in [0.25, 0.3) is 11.5 Å². The molecule has 0 aliphatic heterocycles. The smallest absolute Gasteiger partial charge is 0.257 e. The van der Waals surface area contributed by atoms with Crippen LogP contribution in [0.1, 0.15) is 48.4 Å². The van der Waals surface area contributed by atoms with Crippen molar-refractivity contribution in [1.82, 2.24) is 10.3 Å². The Morgan fingerprint density at radius 2 is 1.93 bits per heavy atom. The van der Waals surface area contributed by atoms with Crippen molar-refractivity contribution in [3.05, 3.63) is 58.7 Å². The van der Waals surface area contributed by atoms with Crippen molar-refractivity contribution in [3.8, 4) is 11.5 Å². The van der Waals surface area contributed by atoms with Crippen LogP contribution < -0.4 is 10.6 Å². The van der Waals surface area contributed by atoms with Crippen molar-refractivity contribution in [2.45, 2.75) is 39.7 Å². The van der Waals surface area contributed by atoms with Crippen molar-refractivity contribution >= 4 is 28.3 Å². The third-order valence-electron chi connectivity index (χ3n) is 4.19. The Balaban J connectivity index is 1.61. The van der Waals surface area contributed by atoms with Crippen LogP contribution in [0.5, 0.6) is 0 Å². The molecule has 3 aromatic rings. The normalized spacial score (nSPS) is 10.6. The number of hydrogen-bond donors (Lipinski definition) is 2. The molecule has 1 aromatic carbocycles. The SMILES string of the molecule is CCCCc1ccc(C(=O)Nc2nc(-c3ccc(CNC(C)=O)o3)cs2)cc1. The number of benzene rings is 1. The standard InChI is InChI=1S/C21H23N3O3S/c1-3-4-5-15-6-8-16(9-7-15)20(26)24-21-23-18(13-28-21)19-11-10-17(27-19)12-22-14(2)25/h6-11,13H,3-5,12H2,1-2H3,(H,22,25)(H,23,24,26). The first kappa shape index (κ1) is 19.8. The first-order chi connectivity index (χ1) is 13.5. The van der Waals surface area contributed by atoms with Crippen molar-refractivity contribution < 1.29 is 14.0 Å². The van der Waals surface area contributed by atoms with E-state index in [1.165, 1.54) is 23.8 Å². The fraction of sp³-hybridized carbons (Fsp3) is 0.286. The fourth-order valence-electron chi connectivity index (χ4n) is 2.64. The molecule has 2 heterocycles. The summed E-state index contributed by atoms with van der Waals surface area (Å²) < 4.78 is 5.69. The number of rotatable bonds is 8. The van der Waals surface area contributed by atoms with E-state index in [1.54, 1.807) is 12.1 Å². The molecular weight excluding hydrogens is 374 g/mol. The highest BCUT2D eigenvalue weighted by Gasteiger charge is 2.12. The summed E-state index contributed by atoms with van der Waals surface area (Å²) >= 11 is 1.34. The topological polar surface area (TPSA) is 84.2 Å². The molecule has 146 valence electrons. The third kappa shape index (κ3) is 5.29. The summed E-state index contributed by atoms with van der Waals surface area (Å²) in [6, 6.07) is 11.3. The molecule has 0 atom stereocenters. The van der Waals surface area contributed by atoms with Crippen molar-refractivity contribution in [3.63, 3.8) is 0 Å². The number of anilines is 1. The second-order valence-corrected chi connectivity index (χ2v) is 7.33. The molecule has 2 aromatic heterocycles. The Labute approximate surface area is 168 Å². The number of amides is 2. The number of nitrogens with zero attached hydrogens (tertiary/aromatic N) is 1. The molecule has 0 aliphatic rings. The molecule has 0 fully saturated rings. The zero-order valence-electron chi connectivity index (χ0n) is 16.0. The molecular formula is C21H23N3O3S. The molecule has 3 rings (SSSR count). The molecule has 0 aliphatic carbocycles. The zero-order valence-corrected chi connectivity index (χ0v) is 16.8. The Hall–Kier alpha value is -2.93. The maximum atomic E-state index is 12.4. The van der Waals surface area contributed by atoms with Gasteiger partial charge in [-0.1, -0.05) is 25.5 Å². The van der Waals surface area contributed by atoms with Crippen LogP contribution >= 0.6 is 11.3 Å².